The molecule has 2 aliphatic rings. The maximum Gasteiger partial charge on any atom is 0.300 e. The van der Waals surface area contributed by atoms with Gasteiger partial charge in [-0.15, -0.1) is 0 Å². The number of hydrogen-bond acceptors (Lipinski definition) is 4. The van der Waals surface area contributed by atoms with Crippen LogP contribution in [0.3, 0.4) is 0 Å². The topological polar surface area (TPSA) is 66.8 Å². The number of nitrogens with zero attached hydrogens (tertiary/aromatic N) is 1. The minimum atomic E-state index is -1.01. The summed E-state index contributed by atoms with van der Waals surface area (Å²) in [4.78, 5) is 27.3. The second-order valence-corrected chi connectivity index (χ2v) is 7.62. The zero-order valence-electron chi connectivity index (χ0n) is 16.7. The van der Waals surface area contributed by atoms with Crippen molar-refractivity contribution in [2.24, 2.45) is 0 Å². The highest BCUT2D eigenvalue weighted by atomic mass is 19.1. The van der Waals surface area contributed by atoms with Gasteiger partial charge in [-0.25, -0.2) is 8.78 Å². The van der Waals surface area contributed by atoms with E-state index in [1.807, 2.05) is 0 Å². The fraction of sp³-hybridized carbons (Fsp3) is 0.120. The summed E-state index contributed by atoms with van der Waals surface area (Å²) in [5, 5.41) is 11.1. The molecule has 1 N–H and O–H groups in total. The number of carbonyl (C=O) groups excluding carboxylic acids is 2. The number of Topliss-reactive ketones (excluding diaryl/α,β-unsaturated/α-hetero) is 1. The van der Waals surface area contributed by atoms with E-state index in [1.54, 1.807) is 18.2 Å². The van der Waals surface area contributed by atoms with Crippen molar-refractivity contribution in [3.05, 3.63) is 101 Å². The highest BCUT2D eigenvalue weighted by molar-refractivity contribution is 6.51. The van der Waals surface area contributed by atoms with Gasteiger partial charge in [0.05, 0.1) is 18.2 Å². The molecule has 3 aromatic rings. The van der Waals surface area contributed by atoms with Gasteiger partial charge in [0.2, 0.25) is 0 Å². The van der Waals surface area contributed by atoms with Crippen molar-refractivity contribution < 1.29 is 28.2 Å². The number of benzene rings is 3. The molecule has 1 saturated heterocycles. The summed E-state index contributed by atoms with van der Waals surface area (Å²) in [6.07, 6.45) is 0.668. The molecule has 160 valence electrons. The molecule has 0 spiro atoms. The maximum atomic E-state index is 13.6. The summed E-state index contributed by atoms with van der Waals surface area (Å²) >= 11 is 0. The number of rotatable bonds is 3. The molecule has 3 aromatic carbocycles. The van der Waals surface area contributed by atoms with Gasteiger partial charge >= 0.3 is 0 Å². The average Bonchev–Trinajstić information content (AvgIpc) is 3.37. The number of anilines is 1. The Morgan fingerprint density at radius 1 is 0.938 bits per heavy atom. The molecule has 32 heavy (non-hydrogen) atoms. The van der Waals surface area contributed by atoms with E-state index >= 15 is 0 Å². The Labute approximate surface area is 182 Å². The fourth-order valence-electron chi connectivity index (χ4n) is 4.15. The van der Waals surface area contributed by atoms with Gasteiger partial charge in [-0.2, -0.15) is 0 Å². The van der Waals surface area contributed by atoms with E-state index in [9.17, 15) is 23.5 Å². The number of hydrogen-bond donors (Lipinski definition) is 1. The molecule has 2 aliphatic heterocycles. The normalized spacial score (nSPS) is 19.2. The minimum Gasteiger partial charge on any atom is -0.507 e. The second-order valence-electron chi connectivity index (χ2n) is 7.62. The van der Waals surface area contributed by atoms with Crippen LogP contribution in [0.1, 0.15) is 22.7 Å². The second kappa shape index (κ2) is 7.60. The van der Waals surface area contributed by atoms with Crippen LogP contribution in [0.25, 0.3) is 5.76 Å². The van der Waals surface area contributed by atoms with Crippen LogP contribution >= 0.6 is 0 Å². The molecule has 0 saturated carbocycles. The zero-order valence-corrected chi connectivity index (χ0v) is 16.7. The minimum absolute atomic E-state index is 0.121. The number of amides is 1. The van der Waals surface area contributed by atoms with Gasteiger partial charge in [-0.1, -0.05) is 12.1 Å². The summed E-state index contributed by atoms with van der Waals surface area (Å²) in [5.74, 6) is -2.34. The lowest BCUT2D eigenvalue weighted by atomic mass is 9.94. The average molecular weight is 433 g/mol. The van der Waals surface area contributed by atoms with Gasteiger partial charge in [-0.3, -0.25) is 14.5 Å². The van der Waals surface area contributed by atoms with E-state index in [1.165, 1.54) is 53.4 Å². The number of halogens is 2. The van der Waals surface area contributed by atoms with E-state index in [0.717, 1.165) is 5.56 Å². The maximum absolute atomic E-state index is 13.6. The lowest BCUT2D eigenvalue weighted by Crippen LogP contribution is -2.29. The van der Waals surface area contributed by atoms with Crippen LogP contribution in [0.15, 0.2) is 72.3 Å². The first kappa shape index (κ1) is 19.9. The molecular formula is C25H17F2NO4. The molecule has 1 fully saturated rings. The van der Waals surface area contributed by atoms with Crippen LogP contribution in [0.4, 0.5) is 14.5 Å². The number of ketones is 1. The lowest BCUT2D eigenvalue weighted by molar-refractivity contribution is -0.132. The van der Waals surface area contributed by atoms with Gasteiger partial charge in [0, 0.05) is 17.7 Å². The quantitative estimate of drug-likeness (QED) is 0.375. The molecule has 1 atom stereocenters. The Hall–Kier alpha value is -4.00. The molecule has 0 aromatic heterocycles. The van der Waals surface area contributed by atoms with Crippen molar-refractivity contribution in [3.63, 3.8) is 0 Å². The highest BCUT2D eigenvalue weighted by Crippen LogP contribution is 2.42. The van der Waals surface area contributed by atoms with E-state index in [4.69, 9.17) is 4.74 Å². The molecular weight excluding hydrogens is 416 g/mol. The van der Waals surface area contributed by atoms with Gasteiger partial charge in [0.1, 0.15) is 23.1 Å². The number of aliphatic hydroxyl groups excluding tert-OH is 1. The van der Waals surface area contributed by atoms with E-state index < -0.39 is 29.4 Å². The molecule has 0 bridgehead atoms. The van der Waals surface area contributed by atoms with Crippen molar-refractivity contribution in [1.29, 1.82) is 0 Å². The molecule has 7 heteroatoms. The highest BCUT2D eigenvalue weighted by Gasteiger charge is 2.47. The van der Waals surface area contributed by atoms with Crippen LogP contribution in [0, 0.1) is 11.6 Å². The van der Waals surface area contributed by atoms with Crippen LogP contribution in [-0.2, 0) is 16.0 Å². The first-order valence-electron chi connectivity index (χ1n) is 10.0. The summed E-state index contributed by atoms with van der Waals surface area (Å²) in [5.41, 5.74) is 1.86. The first-order chi connectivity index (χ1) is 15.4. The Morgan fingerprint density at radius 2 is 1.59 bits per heavy atom. The predicted molar refractivity (Wildman–Crippen MR) is 113 cm³/mol. The third-order valence-electron chi connectivity index (χ3n) is 5.70. The van der Waals surface area contributed by atoms with Crippen molar-refractivity contribution in [1.82, 2.24) is 0 Å². The SMILES string of the molecule is O=C1C(=O)N(c2ccc(F)cc2)C(c2ccc(F)cc2)/C1=C(/O)c1ccc2c(c1)CCO2. The Kier molecular flexibility index (Phi) is 4.74. The smallest absolute Gasteiger partial charge is 0.300 e. The molecule has 2 heterocycles. The summed E-state index contributed by atoms with van der Waals surface area (Å²) in [6.45, 7) is 0.532. The van der Waals surface area contributed by atoms with Crippen molar-refractivity contribution in [2.45, 2.75) is 12.5 Å². The largest absolute Gasteiger partial charge is 0.507 e. The molecule has 1 amide bonds. The number of aliphatic hydroxyl groups is 1. The van der Waals surface area contributed by atoms with Crippen molar-refractivity contribution >= 4 is 23.1 Å². The van der Waals surface area contributed by atoms with E-state index in [-0.39, 0.29) is 17.0 Å². The molecule has 1 unspecified atom stereocenters. The monoisotopic (exact) mass is 433 g/mol. The van der Waals surface area contributed by atoms with Crippen LogP contribution in [0.5, 0.6) is 5.75 Å². The Bertz CT molecular complexity index is 1270. The Balaban J connectivity index is 1.70. The van der Waals surface area contributed by atoms with Gasteiger partial charge in [0.25, 0.3) is 11.7 Å². The predicted octanol–water partition coefficient (Wildman–Crippen LogP) is 4.53. The standard InChI is InChI=1S/C25H17F2NO4/c26-17-4-1-14(2-5-17)22-21(23(29)16-3-10-20-15(13-16)11-12-32-20)24(30)25(31)28(22)19-8-6-18(27)7-9-19/h1-10,13,22,29H,11-12H2/b23-21-. The summed E-state index contributed by atoms with van der Waals surface area (Å²) in [7, 11) is 0. The number of fused-ring (bicyclic) bond motifs is 1. The van der Waals surface area contributed by atoms with E-state index in [0.29, 0.717) is 29.9 Å². The van der Waals surface area contributed by atoms with Crippen molar-refractivity contribution in [3.8, 4) is 5.75 Å². The summed E-state index contributed by atoms with van der Waals surface area (Å²) in [6, 6.07) is 14.5. The molecule has 5 rings (SSSR count). The summed E-state index contributed by atoms with van der Waals surface area (Å²) < 4.78 is 32.5. The molecule has 0 aliphatic carbocycles. The van der Waals surface area contributed by atoms with Gasteiger partial charge in [0.15, 0.2) is 0 Å². The third kappa shape index (κ3) is 3.22. The zero-order chi connectivity index (χ0) is 22.4. The molecule has 0 radical (unpaired) electrons. The van der Waals surface area contributed by atoms with Crippen molar-refractivity contribution in [2.75, 3.05) is 11.5 Å². The van der Waals surface area contributed by atoms with Crippen LogP contribution in [0.2, 0.25) is 0 Å². The first-order valence-corrected chi connectivity index (χ1v) is 10.0. The van der Waals surface area contributed by atoms with Gasteiger partial charge in [-0.05, 0) is 65.7 Å². The fourth-order valence-corrected chi connectivity index (χ4v) is 4.15. The number of carbonyl (C=O) groups is 2. The lowest BCUT2D eigenvalue weighted by Gasteiger charge is -2.25. The van der Waals surface area contributed by atoms with Gasteiger partial charge < -0.3 is 9.84 Å². The van der Waals surface area contributed by atoms with Crippen LogP contribution in [-0.4, -0.2) is 23.4 Å². The molecule has 5 nitrogen and oxygen atoms in total. The van der Waals surface area contributed by atoms with E-state index in [2.05, 4.69) is 0 Å². The van der Waals surface area contributed by atoms with Crippen LogP contribution < -0.4 is 9.64 Å². The number of ether oxygens (including phenoxy) is 1. The Morgan fingerprint density at radius 3 is 2.28 bits per heavy atom. The third-order valence-corrected chi connectivity index (χ3v) is 5.70.